The minimum Gasteiger partial charge on any atom is -0.324 e. The molecule has 0 radical (unpaired) electrons. The molecule has 1 atom stereocenters. The summed E-state index contributed by atoms with van der Waals surface area (Å²) in [6.07, 6.45) is 1.00. The predicted molar refractivity (Wildman–Crippen MR) is 72.3 cm³/mol. The zero-order valence-corrected chi connectivity index (χ0v) is 10.6. The number of aryl methyl sites for hydroxylation is 1. The van der Waals surface area contributed by atoms with Crippen LogP contribution in [0.15, 0.2) is 35.1 Å². The summed E-state index contributed by atoms with van der Waals surface area (Å²) >= 11 is 0. The van der Waals surface area contributed by atoms with Crippen molar-refractivity contribution in [1.82, 2.24) is 10.2 Å². The lowest BCUT2D eigenvalue weighted by molar-refractivity contribution is 0.785. The van der Waals surface area contributed by atoms with Crippen molar-refractivity contribution in [3.8, 4) is 11.3 Å². The van der Waals surface area contributed by atoms with E-state index in [0.717, 1.165) is 17.7 Å². The third kappa shape index (κ3) is 2.49. The van der Waals surface area contributed by atoms with E-state index in [2.05, 4.69) is 29.3 Å². The van der Waals surface area contributed by atoms with E-state index in [1.807, 2.05) is 12.1 Å². The SMILES string of the molecule is CCc1ccc(-c2cc(C(C)N)c(=O)[nH]n2)cc1. The topological polar surface area (TPSA) is 71.8 Å². The van der Waals surface area contributed by atoms with Gasteiger partial charge >= 0.3 is 0 Å². The first-order chi connectivity index (χ1) is 8.61. The maximum Gasteiger partial charge on any atom is 0.268 e. The highest BCUT2D eigenvalue weighted by Gasteiger charge is 2.08. The number of aromatic amines is 1. The molecule has 2 rings (SSSR count). The van der Waals surface area contributed by atoms with Crippen molar-refractivity contribution in [1.29, 1.82) is 0 Å². The minimum absolute atomic E-state index is 0.223. The molecule has 1 unspecified atom stereocenters. The van der Waals surface area contributed by atoms with Crippen molar-refractivity contribution in [2.45, 2.75) is 26.3 Å². The van der Waals surface area contributed by atoms with Crippen LogP contribution in [0, 0.1) is 0 Å². The molecule has 94 valence electrons. The van der Waals surface area contributed by atoms with Crippen LogP contribution < -0.4 is 11.3 Å². The lowest BCUT2D eigenvalue weighted by Crippen LogP contribution is -2.20. The van der Waals surface area contributed by atoms with E-state index < -0.39 is 0 Å². The number of benzene rings is 1. The average Bonchev–Trinajstić information content (AvgIpc) is 2.39. The van der Waals surface area contributed by atoms with E-state index in [1.54, 1.807) is 13.0 Å². The van der Waals surface area contributed by atoms with Gasteiger partial charge in [0, 0.05) is 17.2 Å². The first-order valence-electron chi connectivity index (χ1n) is 6.06. The van der Waals surface area contributed by atoms with Crippen molar-refractivity contribution in [3.05, 3.63) is 51.8 Å². The first kappa shape index (κ1) is 12.5. The summed E-state index contributed by atoms with van der Waals surface area (Å²) in [5.41, 5.74) is 9.08. The van der Waals surface area contributed by atoms with Gasteiger partial charge in [-0.25, -0.2) is 5.10 Å². The van der Waals surface area contributed by atoms with Gasteiger partial charge in [0.15, 0.2) is 0 Å². The summed E-state index contributed by atoms with van der Waals surface area (Å²) in [6.45, 7) is 3.90. The fourth-order valence-electron chi connectivity index (χ4n) is 1.82. The summed E-state index contributed by atoms with van der Waals surface area (Å²) in [5.74, 6) is 0. The van der Waals surface area contributed by atoms with Gasteiger partial charge in [-0.1, -0.05) is 31.2 Å². The molecule has 0 aliphatic heterocycles. The molecule has 0 fully saturated rings. The van der Waals surface area contributed by atoms with Crippen LogP contribution >= 0.6 is 0 Å². The Balaban J connectivity index is 2.44. The smallest absolute Gasteiger partial charge is 0.268 e. The van der Waals surface area contributed by atoms with Gasteiger partial charge in [0.1, 0.15) is 0 Å². The van der Waals surface area contributed by atoms with E-state index in [0.29, 0.717) is 5.56 Å². The Morgan fingerprint density at radius 2 is 2.00 bits per heavy atom. The van der Waals surface area contributed by atoms with Crippen LogP contribution in [-0.2, 0) is 6.42 Å². The number of hydrogen-bond donors (Lipinski definition) is 2. The number of nitrogens with one attached hydrogen (secondary N) is 1. The molecule has 18 heavy (non-hydrogen) atoms. The Morgan fingerprint density at radius 3 is 2.56 bits per heavy atom. The Labute approximate surface area is 106 Å². The van der Waals surface area contributed by atoms with E-state index in [-0.39, 0.29) is 11.6 Å². The molecule has 0 saturated carbocycles. The zero-order valence-electron chi connectivity index (χ0n) is 10.6. The highest BCUT2D eigenvalue weighted by atomic mass is 16.1. The normalized spacial score (nSPS) is 12.4. The second-order valence-electron chi connectivity index (χ2n) is 4.38. The van der Waals surface area contributed by atoms with Crippen LogP contribution in [0.2, 0.25) is 0 Å². The van der Waals surface area contributed by atoms with Crippen LogP contribution in [0.1, 0.15) is 31.0 Å². The van der Waals surface area contributed by atoms with Gasteiger partial charge in [0.2, 0.25) is 0 Å². The predicted octanol–water partition coefficient (Wildman–Crippen LogP) is 2.02. The average molecular weight is 243 g/mol. The van der Waals surface area contributed by atoms with Crippen LogP contribution in [0.3, 0.4) is 0 Å². The Kier molecular flexibility index (Phi) is 3.58. The van der Waals surface area contributed by atoms with Gasteiger partial charge < -0.3 is 5.73 Å². The molecule has 4 nitrogen and oxygen atoms in total. The highest BCUT2D eigenvalue weighted by molar-refractivity contribution is 5.59. The molecule has 4 heteroatoms. The van der Waals surface area contributed by atoms with E-state index in [1.165, 1.54) is 5.56 Å². The van der Waals surface area contributed by atoms with Gasteiger partial charge in [0.25, 0.3) is 5.56 Å². The maximum absolute atomic E-state index is 11.5. The molecule has 2 aromatic rings. The number of rotatable bonds is 3. The first-order valence-corrected chi connectivity index (χ1v) is 6.06. The second kappa shape index (κ2) is 5.14. The maximum atomic E-state index is 11.5. The molecule has 0 spiro atoms. The Morgan fingerprint density at radius 1 is 1.33 bits per heavy atom. The van der Waals surface area contributed by atoms with Crippen LogP contribution in [0.4, 0.5) is 0 Å². The number of aromatic nitrogens is 2. The molecule has 1 heterocycles. The van der Waals surface area contributed by atoms with Crippen LogP contribution in [-0.4, -0.2) is 10.2 Å². The third-order valence-electron chi connectivity index (χ3n) is 2.98. The monoisotopic (exact) mass is 243 g/mol. The fourth-order valence-corrected chi connectivity index (χ4v) is 1.82. The summed E-state index contributed by atoms with van der Waals surface area (Å²) in [4.78, 5) is 11.5. The molecule has 0 saturated heterocycles. The van der Waals surface area contributed by atoms with Gasteiger partial charge in [-0.2, -0.15) is 5.10 Å². The van der Waals surface area contributed by atoms with Crippen LogP contribution in [0.25, 0.3) is 11.3 Å². The summed E-state index contributed by atoms with van der Waals surface area (Å²) in [7, 11) is 0. The molecule has 0 aliphatic rings. The fraction of sp³-hybridized carbons (Fsp3) is 0.286. The number of H-pyrrole nitrogens is 1. The second-order valence-corrected chi connectivity index (χ2v) is 4.38. The molecular weight excluding hydrogens is 226 g/mol. The van der Waals surface area contributed by atoms with Crippen molar-refractivity contribution in [3.63, 3.8) is 0 Å². The number of nitrogens with two attached hydrogens (primary N) is 1. The summed E-state index contributed by atoms with van der Waals surface area (Å²) < 4.78 is 0. The van der Waals surface area contributed by atoms with Gasteiger partial charge in [-0.15, -0.1) is 0 Å². The number of nitrogens with zero attached hydrogens (tertiary/aromatic N) is 1. The van der Waals surface area contributed by atoms with E-state index in [4.69, 9.17) is 5.73 Å². The highest BCUT2D eigenvalue weighted by Crippen LogP contribution is 2.18. The molecular formula is C14H17N3O. The molecule has 0 bridgehead atoms. The van der Waals surface area contributed by atoms with Crippen LogP contribution in [0.5, 0.6) is 0 Å². The molecule has 1 aromatic heterocycles. The molecule has 3 N–H and O–H groups in total. The van der Waals surface area contributed by atoms with E-state index in [9.17, 15) is 4.79 Å². The van der Waals surface area contributed by atoms with E-state index >= 15 is 0 Å². The standard InChI is InChI=1S/C14H17N3O/c1-3-10-4-6-11(7-5-10)13-8-12(9(2)15)14(18)17-16-13/h4-9H,3,15H2,1-2H3,(H,17,18). The Hall–Kier alpha value is -1.94. The Bertz CT molecular complexity index is 585. The zero-order chi connectivity index (χ0) is 13.1. The molecule has 0 aliphatic carbocycles. The van der Waals surface area contributed by atoms with Crippen molar-refractivity contribution < 1.29 is 0 Å². The van der Waals surface area contributed by atoms with Gasteiger partial charge in [-0.3, -0.25) is 4.79 Å². The third-order valence-corrected chi connectivity index (χ3v) is 2.98. The quantitative estimate of drug-likeness (QED) is 0.866. The van der Waals surface area contributed by atoms with Gasteiger partial charge in [0.05, 0.1) is 5.69 Å². The van der Waals surface area contributed by atoms with Gasteiger partial charge in [-0.05, 0) is 25.0 Å². The largest absolute Gasteiger partial charge is 0.324 e. The van der Waals surface area contributed by atoms with Crippen molar-refractivity contribution in [2.75, 3.05) is 0 Å². The van der Waals surface area contributed by atoms with Crippen molar-refractivity contribution >= 4 is 0 Å². The summed E-state index contributed by atoms with van der Waals surface area (Å²) in [5, 5.41) is 6.55. The summed E-state index contributed by atoms with van der Waals surface area (Å²) in [6, 6.07) is 9.59. The minimum atomic E-state index is -0.301. The van der Waals surface area contributed by atoms with Crippen molar-refractivity contribution in [2.24, 2.45) is 5.73 Å². The number of hydrogen-bond acceptors (Lipinski definition) is 3. The lowest BCUT2D eigenvalue weighted by atomic mass is 10.0. The molecule has 0 amide bonds. The lowest BCUT2D eigenvalue weighted by Gasteiger charge is -2.07. The molecule has 1 aromatic carbocycles.